The summed E-state index contributed by atoms with van der Waals surface area (Å²) in [5.41, 5.74) is 6.33. The zero-order valence-electron chi connectivity index (χ0n) is 27.8. The zero-order valence-corrected chi connectivity index (χ0v) is 27.8. The van der Waals surface area contributed by atoms with E-state index in [9.17, 15) is 0 Å². The highest BCUT2D eigenvalue weighted by atomic mass is 16.5. The summed E-state index contributed by atoms with van der Waals surface area (Å²) < 4.78 is 6.02. The molecule has 0 saturated heterocycles. The Kier molecular flexibility index (Phi) is 12.4. The number of nitrogens with zero attached hydrogens (tertiary/aromatic N) is 2. The molecule has 0 spiro atoms. The lowest BCUT2D eigenvalue weighted by atomic mass is 9.70. The van der Waals surface area contributed by atoms with Crippen LogP contribution in [0.15, 0.2) is 34.4 Å². The molecule has 0 bridgehead atoms. The molecule has 0 aromatic heterocycles. The molecule has 0 heterocycles. The number of ether oxygens (including phenoxy) is 1. The van der Waals surface area contributed by atoms with Gasteiger partial charge in [0.05, 0.1) is 7.11 Å². The Bertz CT molecular complexity index is 788. The minimum Gasteiger partial charge on any atom is -0.482 e. The Morgan fingerprint density at radius 2 is 1.17 bits per heavy atom. The van der Waals surface area contributed by atoms with Crippen molar-refractivity contribution in [1.29, 1.82) is 0 Å². The van der Waals surface area contributed by atoms with Gasteiger partial charge in [-0.05, 0) is 73.2 Å². The molecule has 0 saturated carbocycles. The molecular formula is C33H64N2O. The fraction of sp³-hybridized carbons (Fsp3) is 0.818. The second kappa shape index (κ2) is 12.9. The quantitative estimate of drug-likeness (QED) is 0.183. The normalized spacial score (nSPS) is 15.6. The Balaban J connectivity index is 5.71. The van der Waals surface area contributed by atoms with Crippen molar-refractivity contribution in [3.05, 3.63) is 34.4 Å². The van der Waals surface area contributed by atoms with E-state index in [2.05, 4.69) is 134 Å². The summed E-state index contributed by atoms with van der Waals surface area (Å²) in [4.78, 5) is 4.57. The third-order valence-electron chi connectivity index (χ3n) is 8.69. The van der Waals surface area contributed by atoms with Gasteiger partial charge in [-0.15, -0.1) is 0 Å². The van der Waals surface area contributed by atoms with Gasteiger partial charge in [0.2, 0.25) is 0 Å². The first-order valence-corrected chi connectivity index (χ1v) is 14.0. The lowest BCUT2D eigenvalue weighted by molar-refractivity contribution is 0.148. The molecule has 0 amide bonds. The Hall–Kier alpha value is -1.38. The van der Waals surface area contributed by atoms with Crippen molar-refractivity contribution in [2.75, 3.05) is 34.8 Å². The third kappa shape index (κ3) is 10.2. The summed E-state index contributed by atoms with van der Waals surface area (Å²) in [5.74, 6) is 1.54. The summed E-state index contributed by atoms with van der Waals surface area (Å²) in [5, 5.41) is 0. The highest BCUT2D eigenvalue weighted by molar-refractivity contribution is 5.22. The van der Waals surface area contributed by atoms with E-state index in [-0.39, 0.29) is 21.7 Å². The molecule has 0 aromatic carbocycles. The van der Waals surface area contributed by atoms with E-state index < -0.39 is 0 Å². The fourth-order valence-corrected chi connectivity index (χ4v) is 4.80. The second-order valence-electron chi connectivity index (χ2n) is 14.7. The van der Waals surface area contributed by atoms with E-state index in [0.29, 0.717) is 5.92 Å². The highest BCUT2D eigenvalue weighted by Gasteiger charge is 2.32. The van der Waals surface area contributed by atoms with E-state index in [1.54, 1.807) is 0 Å². The average Bonchev–Trinajstić information content (AvgIpc) is 2.73. The number of methoxy groups -OCH3 is 1. The van der Waals surface area contributed by atoms with E-state index in [1.807, 2.05) is 7.11 Å². The van der Waals surface area contributed by atoms with E-state index >= 15 is 0 Å². The van der Waals surface area contributed by atoms with Crippen LogP contribution >= 0.6 is 0 Å². The second-order valence-corrected chi connectivity index (χ2v) is 14.7. The molecule has 0 radical (unpaired) electrons. The molecule has 0 aromatic rings. The average molecular weight is 505 g/mol. The van der Waals surface area contributed by atoms with Crippen LogP contribution in [0.2, 0.25) is 0 Å². The van der Waals surface area contributed by atoms with Crippen LogP contribution in [0, 0.1) is 27.6 Å². The summed E-state index contributed by atoms with van der Waals surface area (Å²) in [6.45, 7) is 33.6. The lowest BCUT2D eigenvalue weighted by Crippen LogP contribution is -2.29. The van der Waals surface area contributed by atoms with Crippen molar-refractivity contribution in [2.24, 2.45) is 27.6 Å². The van der Waals surface area contributed by atoms with Crippen molar-refractivity contribution >= 4 is 0 Å². The van der Waals surface area contributed by atoms with Crippen molar-refractivity contribution in [3.8, 4) is 0 Å². The maximum absolute atomic E-state index is 6.02. The van der Waals surface area contributed by atoms with Gasteiger partial charge in [0.15, 0.2) is 5.88 Å². The molecule has 0 rings (SSSR count). The van der Waals surface area contributed by atoms with Gasteiger partial charge in [-0.3, -0.25) is 0 Å². The van der Waals surface area contributed by atoms with Gasteiger partial charge in [0, 0.05) is 33.4 Å². The van der Waals surface area contributed by atoms with Gasteiger partial charge < -0.3 is 14.5 Å². The number of rotatable bonds is 13. The van der Waals surface area contributed by atoms with Crippen LogP contribution in [0.4, 0.5) is 0 Å². The van der Waals surface area contributed by atoms with Crippen molar-refractivity contribution in [2.45, 2.75) is 116 Å². The maximum Gasteiger partial charge on any atom is 0.188 e. The van der Waals surface area contributed by atoms with Crippen LogP contribution in [0.25, 0.3) is 0 Å². The molecular weight excluding hydrogens is 440 g/mol. The maximum atomic E-state index is 6.02. The molecule has 3 nitrogen and oxygen atoms in total. The zero-order chi connectivity index (χ0) is 28.9. The minimum atomic E-state index is 0.0535. The molecule has 0 fully saturated rings. The van der Waals surface area contributed by atoms with Crippen LogP contribution in [0.1, 0.15) is 116 Å². The molecule has 3 heteroatoms. The predicted molar refractivity (Wildman–Crippen MR) is 162 cm³/mol. The van der Waals surface area contributed by atoms with Crippen LogP contribution in [-0.4, -0.2) is 44.6 Å². The molecule has 0 aliphatic rings. The van der Waals surface area contributed by atoms with Crippen molar-refractivity contribution < 1.29 is 4.74 Å². The third-order valence-corrected chi connectivity index (χ3v) is 8.69. The lowest BCUT2D eigenvalue weighted by Gasteiger charge is -2.37. The monoisotopic (exact) mass is 505 g/mol. The van der Waals surface area contributed by atoms with Crippen molar-refractivity contribution in [3.63, 3.8) is 0 Å². The summed E-state index contributed by atoms with van der Waals surface area (Å²) >= 11 is 0. The van der Waals surface area contributed by atoms with Gasteiger partial charge in [0.1, 0.15) is 0 Å². The number of hydrogen-bond donors (Lipinski definition) is 0. The Morgan fingerprint density at radius 3 is 1.53 bits per heavy atom. The number of hydrogen-bond acceptors (Lipinski definition) is 3. The minimum absolute atomic E-state index is 0.0535. The van der Waals surface area contributed by atoms with Crippen LogP contribution in [0.3, 0.4) is 0 Å². The first-order valence-electron chi connectivity index (χ1n) is 14.0. The Morgan fingerprint density at radius 1 is 0.722 bits per heavy atom. The molecule has 36 heavy (non-hydrogen) atoms. The standard InChI is InChI=1S/C33H64N2O/c1-24(2)28(34(15)16)23-31(9,10)21-22-35(17)29(36-18)27(5)33(13,14)20-19-32(11,12)26(4)25(3)30(6,7)8/h23-24H,19-22H2,1-18H3/b26-25-,28-23+,29-27+. The highest BCUT2D eigenvalue weighted by Crippen LogP contribution is 2.43. The van der Waals surface area contributed by atoms with Gasteiger partial charge in [-0.2, -0.15) is 0 Å². The summed E-state index contributed by atoms with van der Waals surface area (Å²) in [7, 11) is 8.29. The van der Waals surface area contributed by atoms with Gasteiger partial charge >= 0.3 is 0 Å². The van der Waals surface area contributed by atoms with Crippen LogP contribution < -0.4 is 0 Å². The fourth-order valence-electron chi connectivity index (χ4n) is 4.80. The first kappa shape index (κ1) is 34.6. The first-order chi connectivity index (χ1) is 16.0. The summed E-state index contributed by atoms with van der Waals surface area (Å²) in [6, 6.07) is 0. The van der Waals surface area contributed by atoms with Gasteiger partial charge in [-0.1, -0.05) is 93.4 Å². The number of allylic oxidation sites excluding steroid dienone is 5. The van der Waals surface area contributed by atoms with Gasteiger partial charge in [0.25, 0.3) is 0 Å². The van der Waals surface area contributed by atoms with E-state index in [4.69, 9.17) is 4.74 Å². The Labute approximate surface area is 227 Å². The van der Waals surface area contributed by atoms with Crippen LogP contribution in [0.5, 0.6) is 0 Å². The van der Waals surface area contributed by atoms with E-state index in [0.717, 1.165) is 31.7 Å². The molecule has 0 atom stereocenters. The molecule has 0 N–H and O–H groups in total. The molecule has 0 aliphatic heterocycles. The largest absolute Gasteiger partial charge is 0.482 e. The molecule has 0 unspecified atom stereocenters. The van der Waals surface area contributed by atoms with Crippen LogP contribution in [-0.2, 0) is 4.74 Å². The predicted octanol–water partition coefficient (Wildman–Crippen LogP) is 9.53. The summed E-state index contributed by atoms with van der Waals surface area (Å²) in [6.07, 6.45) is 5.79. The molecule has 212 valence electrons. The van der Waals surface area contributed by atoms with E-state index in [1.165, 1.54) is 22.4 Å². The van der Waals surface area contributed by atoms with Gasteiger partial charge in [-0.25, -0.2) is 0 Å². The van der Waals surface area contributed by atoms with Crippen molar-refractivity contribution in [1.82, 2.24) is 9.80 Å². The smallest absolute Gasteiger partial charge is 0.188 e. The topological polar surface area (TPSA) is 15.7 Å². The SMILES string of the molecule is CO/C(=C(\C)C(C)(C)CCC(C)(C)/C(C)=C(/C)C(C)(C)C)N(C)CCC(C)(C)/C=C(\C(C)C)N(C)C. The molecule has 0 aliphatic carbocycles.